The molecule has 0 amide bonds. The van der Waals surface area contributed by atoms with Gasteiger partial charge in [-0.25, -0.2) is 15.0 Å². The lowest BCUT2D eigenvalue weighted by molar-refractivity contribution is 0.438. The van der Waals surface area contributed by atoms with Gasteiger partial charge in [-0.15, -0.1) is 0 Å². The molecule has 0 saturated carbocycles. The first-order chi connectivity index (χ1) is 16.6. The molecular weight excluding hydrogens is 438 g/mol. The smallest absolute Gasteiger partial charge is 0.223 e. The quantitative estimate of drug-likeness (QED) is 0.330. The van der Waals surface area contributed by atoms with Crippen molar-refractivity contribution in [2.24, 2.45) is 5.92 Å². The van der Waals surface area contributed by atoms with Gasteiger partial charge in [-0.1, -0.05) is 72.4 Å². The summed E-state index contributed by atoms with van der Waals surface area (Å²) in [5, 5.41) is 4.55. The van der Waals surface area contributed by atoms with Gasteiger partial charge in [-0.2, -0.15) is 0 Å². The summed E-state index contributed by atoms with van der Waals surface area (Å²) in [7, 11) is 0. The van der Waals surface area contributed by atoms with Crippen LogP contribution in [0.2, 0.25) is 0 Å². The molecule has 0 aliphatic carbocycles. The molecule has 1 saturated heterocycles. The van der Waals surface area contributed by atoms with Crippen LogP contribution >= 0.6 is 11.3 Å². The lowest BCUT2D eigenvalue weighted by Crippen LogP contribution is -2.32. The van der Waals surface area contributed by atoms with Crippen LogP contribution in [0.5, 0.6) is 0 Å². The average molecular weight is 470 g/mol. The second-order valence-corrected chi connectivity index (χ2v) is 10.2. The second kappa shape index (κ2) is 9.94. The van der Waals surface area contributed by atoms with E-state index >= 15 is 0 Å². The Bertz CT molecular complexity index is 1240. The van der Waals surface area contributed by atoms with Crippen molar-refractivity contribution in [1.82, 2.24) is 15.0 Å². The normalized spacial score (nSPS) is 15.3. The summed E-state index contributed by atoms with van der Waals surface area (Å²) in [6, 6.07) is 21.1. The van der Waals surface area contributed by atoms with Crippen LogP contribution in [0, 0.1) is 12.8 Å². The minimum atomic E-state index is 0.111. The average Bonchev–Trinajstić information content (AvgIpc) is 3.31. The summed E-state index contributed by atoms with van der Waals surface area (Å²) in [4.78, 5) is 18.1. The van der Waals surface area contributed by atoms with Crippen molar-refractivity contribution in [3.63, 3.8) is 0 Å². The molecule has 1 atom stereocenters. The number of hydrogen-bond acceptors (Lipinski definition) is 6. The van der Waals surface area contributed by atoms with E-state index in [1.807, 2.05) is 18.3 Å². The maximum atomic E-state index is 5.15. The van der Waals surface area contributed by atoms with E-state index in [2.05, 4.69) is 84.5 Å². The number of benzene rings is 2. The molecule has 1 unspecified atom stereocenters. The molecule has 2 aromatic heterocycles. The molecule has 1 N–H and O–H groups in total. The van der Waals surface area contributed by atoms with Gasteiger partial charge in [0.05, 0.1) is 22.3 Å². The maximum absolute atomic E-state index is 5.15. The molecule has 0 spiro atoms. The minimum absolute atomic E-state index is 0.111. The van der Waals surface area contributed by atoms with Crippen molar-refractivity contribution in [3.05, 3.63) is 78.0 Å². The minimum Gasteiger partial charge on any atom is -0.348 e. The Morgan fingerprint density at radius 2 is 1.79 bits per heavy atom. The van der Waals surface area contributed by atoms with Crippen LogP contribution in [-0.2, 0) is 0 Å². The highest BCUT2D eigenvalue weighted by Crippen LogP contribution is 2.41. The number of aryl methyl sites for hydroxylation is 1. The first-order valence-electron chi connectivity index (χ1n) is 12.0. The van der Waals surface area contributed by atoms with Crippen molar-refractivity contribution < 1.29 is 0 Å². The number of aromatic nitrogens is 3. The molecule has 0 radical (unpaired) electrons. The SMILES string of the molecule is Cc1cccc(-c2nc(N3CCC(C)CC3)sc2-c2ccnc(NC(C)c3ccccc3)n2)c1. The van der Waals surface area contributed by atoms with E-state index in [-0.39, 0.29) is 6.04 Å². The fourth-order valence-corrected chi connectivity index (χ4v) is 5.49. The third-order valence-corrected chi connectivity index (χ3v) is 7.63. The molecule has 5 nitrogen and oxygen atoms in total. The van der Waals surface area contributed by atoms with Gasteiger partial charge in [-0.3, -0.25) is 0 Å². The molecule has 174 valence electrons. The topological polar surface area (TPSA) is 53.9 Å². The molecule has 4 aromatic rings. The highest BCUT2D eigenvalue weighted by Gasteiger charge is 2.23. The van der Waals surface area contributed by atoms with Crippen LogP contribution < -0.4 is 10.2 Å². The number of anilines is 2. The molecule has 3 heterocycles. The van der Waals surface area contributed by atoms with E-state index in [4.69, 9.17) is 9.97 Å². The third-order valence-electron chi connectivity index (χ3n) is 6.49. The van der Waals surface area contributed by atoms with Crippen LogP contribution in [0.3, 0.4) is 0 Å². The highest BCUT2D eigenvalue weighted by molar-refractivity contribution is 7.19. The van der Waals surface area contributed by atoms with Gasteiger partial charge in [0, 0.05) is 24.8 Å². The molecule has 5 rings (SSSR count). The fourth-order valence-electron chi connectivity index (χ4n) is 4.38. The zero-order chi connectivity index (χ0) is 23.5. The van der Waals surface area contributed by atoms with Crippen molar-refractivity contribution in [1.29, 1.82) is 0 Å². The first kappa shape index (κ1) is 22.5. The molecule has 1 aliphatic rings. The summed E-state index contributed by atoms with van der Waals surface area (Å²) < 4.78 is 0. The molecule has 1 fully saturated rings. The Morgan fingerprint density at radius 1 is 1.00 bits per heavy atom. The van der Waals surface area contributed by atoms with E-state index in [1.165, 1.54) is 24.0 Å². The zero-order valence-corrected chi connectivity index (χ0v) is 20.8. The standard InChI is InChI=1S/C28H31N5S/c1-19-13-16-33(17-14-19)28-32-25(23-11-7-8-20(2)18-23)26(34-28)24-12-15-29-27(31-24)30-21(3)22-9-5-4-6-10-22/h4-12,15,18-19,21H,13-14,16-17H2,1-3H3,(H,29,30,31). The second-order valence-electron chi connectivity index (χ2n) is 9.26. The Balaban J connectivity index is 1.50. The Kier molecular flexibility index (Phi) is 6.59. The van der Waals surface area contributed by atoms with Gasteiger partial charge in [0.1, 0.15) is 0 Å². The van der Waals surface area contributed by atoms with Gasteiger partial charge in [0.15, 0.2) is 5.13 Å². The van der Waals surface area contributed by atoms with E-state index < -0.39 is 0 Å². The van der Waals surface area contributed by atoms with Crippen molar-refractivity contribution in [2.75, 3.05) is 23.3 Å². The van der Waals surface area contributed by atoms with E-state index in [0.29, 0.717) is 5.95 Å². The lowest BCUT2D eigenvalue weighted by Gasteiger charge is -2.29. The van der Waals surface area contributed by atoms with Crippen molar-refractivity contribution >= 4 is 22.4 Å². The summed E-state index contributed by atoms with van der Waals surface area (Å²) >= 11 is 1.74. The number of rotatable bonds is 6. The lowest BCUT2D eigenvalue weighted by atomic mass is 10.00. The van der Waals surface area contributed by atoms with Gasteiger partial charge >= 0.3 is 0 Å². The van der Waals surface area contributed by atoms with Gasteiger partial charge < -0.3 is 10.2 Å². The van der Waals surface area contributed by atoms with Crippen LogP contribution in [0.25, 0.3) is 21.8 Å². The largest absolute Gasteiger partial charge is 0.348 e. The zero-order valence-electron chi connectivity index (χ0n) is 20.0. The Morgan fingerprint density at radius 3 is 2.56 bits per heavy atom. The van der Waals surface area contributed by atoms with E-state index in [9.17, 15) is 0 Å². The molecular formula is C28H31N5S. The third kappa shape index (κ3) is 4.97. The number of thiazole rings is 1. The molecule has 1 aliphatic heterocycles. The molecule has 34 heavy (non-hydrogen) atoms. The fraction of sp³-hybridized carbons (Fsp3) is 0.321. The Hall–Kier alpha value is -3.25. The monoisotopic (exact) mass is 469 g/mol. The summed E-state index contributed by atoms with van der Waals surface area (Å²) in [6.45, 7) is 8.72. The van der Waals surface area contributed by atoms with Gasteiger partial charge in [0.25, 0.3) is 0 Å². The predicted octanol–water partition coefficient (Wildman–Crippen LogP) is 6.98. The van der Waals surface area contributed by atoms with Crippen LogP contribution in [0.15, 0.2) is 66.9 Å². The molecule has 2 aromatic carbocycles. The van der Waals surface area contributed by atoms with Crippen LogP contribution in [0.4, 0.5) is 11.1 Å². The number of hydrogen-bond donors (Lipinski definition) is 1. The number of nitrogens with zero attached hydrogens (tertiary/aromatic N) is 4. The molecule has 0 bridgehead atoms. The number of piperidine rings is 1. The highest BCUT2D eigenvalue weighted by atomic mass is 32.1. The summed E-state index contributed by atoms with van der Waals surface area (Å²) in [6.07, 6.45) is 4.27. The summed E-state index contributed by atoms with van der Waals surface area (Å²) in [5.41, 5.74) is 5.48. The molecule has 6 heteroatoms. The van der Waals surface area contributed by atoms with Crippen molar-refractivity contribution in [3.8, 4) is 21.8 Å². The van der Waals surface area contributed by atoms with Crippen molar-refractivity contribution in [2.45, 2.75) is 39.7 Å². The van der Waals surface area contributed by atoms with E-state index in [1.54, 1.807) is 11.3 Å². The van der Waals surface area contributed by atoms with Gasteiger partial charge in [0.2, 0.25) is 5.95 Å². The van der Waals surface area contributed by atoms with E-state index in [0.717, 1.165) is 46.0 Å². The Labute approximate surface area is 205 Å². The van der Waals surface area contributed by atoms with Crippen LogP contribution in [0.1, 0.15) is 43.9 Å². The van der Waals surface area contributed by atoms with Gasteiger partial charge in [-0.05, 0) is 50.3 Å². The predicted molar refractivity (Wildman–Crippen MR) is 142 cm³/mol. The summed E-state index contributed by atoms with van der Waals surface area (Å²) in [5.74, 6) is 1.42. The number of nitrogens with one attached hydrogen (secondary N) is 1. The maximum Gasteiger partial charge on any atom is 0.223 e. The van der Waals surface area contributed by atoms with Crippen LogP contribution in [-0.4, -0.2) is 28.0 Å². The first-order valence-corrected chi connectivity index (χ1v) is 12.9.